The Morgan fingerprint density at radius 1 is 1.53 bits per heavy atom. The van der Waals surface area contributed by atoms with Gasteiger partial charge in [0.05, 0.1) is 5.02 Å². The lowest BCUT2D eigenvalue weighted by molar-refractivity contribution is 0.0785. The van der Waals surface area contributed by atoms with E-state index in [-0.39, 0.29) is 17.0 Å². The van der Waals surface area contributed by atoms with Gasteiger partial charge in [0, 0.05) is 24.7 Å². The monoisotopic (exact) mass is 284 g/mol. The van der Waals surface area contributed by atoms with Crippen molar-refractivity contribution >= 4 is 17.5 Å². The topological polar surface area (TPSA) is 46.3 Å². The Balaban J connectivity index is 2.10. The van der Waals surface area contributed by atoms with Gasteiger partial charge in [0.2, 0.25) is 0 Å². The molecule has 3 nitrogen and oxygen atoms in total. The van der Waals surface area contributed by atoms with E-state index in [1.165, 1.54) is 12.1 Å². The second-order valence-corrected chi connectivity index (χ2v) is 5.46. The van der Waals surface area contributed by atoms with Crippen LogP contribution in [0, 0.1) is 11.7 Å². The first-order valence-electron chi connectivity index (χ1n) is 6.52. The van der Waals surface area contributed by atoms with Crippen LogP contribution in [0.1, 0.15) is 30.1 Å². The summed E-state index contributed by atoms with van der Waals surface area (Å²) in [4.78, 5) is 14.0. The molecule has 0 radical (unpaired) electrons. The van der Waals surface area contributed by atoms with Gasteiger partial charge < -0.3 is 10.6 Å². The van der Waals surface area contributed by atoms with Crippen LogP contribution in [0.25, 0.3) is 0 Å². The van der Waals surface area contributed by atoms with Crippen LogP contribution < -0.4 is 5.73 Å². The van der Waals surface area contributed by atoms with Crippen LogP contribution in [0.3, 0.4) is 0 Å². The number of carbonyl (C=O) groups is 1. The van der Waals surface area contributed by atoms with E-state index in [4.69, 9.17) is 17.3 Å². The van der Waals surface area contributed by atoms with Crippen molar-refractivity contribution in [2.75, 3.05) is 13.1 Å². The molecule has 0 saturated carbocycles. The highest BCUT2D eigenvalue weighted by molar-refractivity contribution is 6.30. The summed E-state index contributed by atoms with van der Waals surface area (Å²) in [7, 11) is 0. The molecule has 5 heteroatoms. The first-order valence-corrected chi connectivity index (χ1v) is 6.90. The minimum atomic E-state index is -0.568. The van der Waals surface area contributed by atoms with Crippen molar-refractivity contribution in [3.63, 3.8) is 0 Å². The maximum Gasteiger partial charge on any atom is 0.254 e. The molecule has 2 rings (SSSR count). The zero-order chi connectivity index (χ0) is 14.0. The molecule has 1 aliphatic heterocycles. The molecule has 1 aromatic carbocycles. The summed E-state index contributed by atoms with van der Waals surface area (Å²) in [5, 5.41) is 0.0264. The Bertz CT molecular complexity index is 481. The third-order valence-corrected chi connectivity index (χ3v) is 3.91. The minimum Gasteiger partial charge on any atom is -0.337 e. The zero-order valence-corrected chi connectivity index (χ0v) is 11.7. The molecule has 0 aliphatic carbocycles. The molecule has 1 heterocycles. The highest BCUT2D eigenvalue weighted by Gasteiger charge is 2.32. The normalized spacial score (nSPS) is 22.8. The van der Waals surface area contributed by atoms with Gasteiger partial charge in [0.15, 0.2) is 0 Å². The number of nitrogens with zero attached hydrogens (tertiary/aromatic N) is 1. The largest absolute Gasteiger partial charge is 0.337 e. The van der Waals surface area contributed by atoms with Gasteiger partial charge in [0.1, 0.15) is 5.82 Å². The molecular formula is C14H18ClFN2O. The van der Waals surface area contributed by atoms with Gasteiger partial charge in [0.25, 0.3) is 5.91 Å². The number of carbonyl (C=O) groups excluding carboxylic acids is 1. The maximum absolute atomic E-state index is 13.4. The quantitative estimate of drug-likeness (QED) is 0.927. The summed E-state index contributed by atoms with van der Waals surface area (Å²) < 4.78 is 13.4. The van der Waals surface area contributed by atoms with E-state index in [2.05, 4.69) is 6.92 Å². The van der Waals surface area contributed by atoms with Gasteiger partial charge >= 0.3 is 0 Å². The summed E-state index contributed by atoms with van der Waals surface area (Å²) >= 11 is 5.61. The standard InChI is InChI=1S/C14H18ClFN2O/c1-2-3-10-7-18(8-13(10)17)14(19)9-4-5-11(15)12(16)6-9/h4-6,10,13H,2-3,7-8,17H2,1H3/t10-,13-/m1/s1. The Hall–Kier alpha value is -1.13. The smallest absolute Gasteiger partial charge is 0.254 e. The summed E-state index contributed by atoms with van der Waals surface area (Å²) in [6.45, 7) is 3.29. The minimum absolute atomic E-state index is 0.0149. The molecule has 1 saturated heterocycles. The zero-order valence-electron chi connectivity index (χ0n) is 10.9. The van der Waals surface area contributed by atoms with Crippen LogP contribution in [-0.2, 0) is 0 Å². The molecule has 2 N–H and O–H groups in total. The Morgan fingerprint density at radius 2 is 2.26 bits per heavy atom. The van der Waals surface area contributed by atoms with Crippen LogP contribution in [0.5, 0.6) is 0 Å². The van der Waals surface area contributed by atoms with E-state index >= 15 is 0 Å². The molecule has 0 spiro atoms. The number of hydrogen-bond acceptors (Lipinski definition) is 2. The van der Waals surface area contributed by atoms with E-state index in [0.29, 0.717) is 24.6 Å². The highest BCUT2D eigenvalue weighted by Crippen LogP contribution is 2.23. The summed E-state index contributed by atoms with van der Waals surface area (Å²) in [6.07, 6.45) is 2.07. The van der Waals surface area contributed by atoms with E-state index in [1.54, 1.807) is 11.0 Å². The maximum atomic E-state index is 13.4. The molecule has 0 bridgehead atoms. The number of halogens is 2. The number of amides is 1. The number of rotatable bonds is 3. The SMILES string of the molecule is CCC[C@@H]1CN(C(=O)c2ccc(Cl)c(F)c2)C[C@H]1N. The van der Waals surface area contributed by atoms with Crippen LogP contribution in [0.2, 0.25) is 5.02 Å². The van der Waals surface area contributed by atoms with E-state index in [1.807, 2.05) is 0 Å². The fourth-order valence-corrected chi connectivity index (χ4v) is 2.67. The number of nitrogens with two attached hydrogens (primary N) is 1. The molecule has 1 aromatic rings. The first kappa shape index (κ1) is 14.3. The summed E-state index contributed by atoms with van der Waals surface area (Å²) in [5.74, 6) is -0.406. The van der Waals surface area contributed by atoms with Crippen LogP contribution >= 0.6 is 11.6 Å². The van der Waals surface area contributed by atoms with E-state index in [9.17, 15) is 9.18 Å². The van der Waals surface area contributed by atoms with Gasteiger partial charge in [-0.05, 0) is 30.5 Å². The summed E-state index contributed by atoms with van der Waals surface area (Å²) in [5.41, 5.74) is 6.36. The molecule has 2 atom stereocenters. The van der Waals surface area contributed by atoms with Crippen molar-refractivity contribution in [2.24, 2.45) is 11.7 Å². The van der Waals surface area contributed by atoms with Gasteiger partial charge in [-0.1, -0.05) is 24.9 Å². The molecule has 0 unspecified atom stereocenters. The second-order valence-electron chi connectivity index (χ2n) is 5.05. The molecule has 0 aromatic heterocycles. The van der Waals surface area contributed by atoms with Crippen molar-refractivity contribution in [3.05, 3.63) is 34.6 Å². The average molecular weight is 285 g/mol. The lowest BCUT2D eigenvalue weighted by Crippen LogP contribution is -2.32. The first-order chi connectivity index (χ1) is 9.02. The number of hydrogen-bond donors (Lipinski definition) is 1. The van der Waals surface area contributed by atoms with Crippen LogP contribution in [0.4, 0.5) is 4.39 Å². The predicted molar refractivity (Wildman–Crippen MR) is 73.7 cm³/mol. The fourth-order valence-electron chi connectivity index (χ4n) is 2.55. The molecule has 19 heavy (non-hydrogen) atoms. The molecule has 1 amide bonds. The van der Waals surface area contributed by atoms with E-state index < -0.39 is 5.82 Å². The summed E-state index contributed by atoms with van der Waals surface area (Å²) in [6, 6.07) is 4.15. The van der Waals surface area contributed by atoms with Gasteiger partial charge in [-0.3, -0.25) is 4.79 Å². The third-order valence-electron chi connectivity index (χ3n) is 3.60. The Kier molecular flexibility index (Phi) is 4.42. The Morgan fingerprint density at radius 3 is 2.89 bits per heavy atom. The highest BCUT2D eigenvalue weighted by atomic mass is 35.5. The fraction of sp³-hybridized carbons (Fsp3) is 0.500. The molecule has 1 aliphatic rings. The van der Waals surface area contributed by atoms with Crippen molar-refractivity contribution < 1.29 is 9.18 Å². The van der Waals surface area contributed by atoms with Crippen molar-refractivity contribution in [1.29, 1.82) is 0 Å². The third kappa shape index (κ3) is 3.07. The molecule has 1 fully saturated rings. The van der Waals surface area contributed by atoms with Crippen LogP contribution in [-0.4, -0.2) is 29.9 Å². The van der Waals surface area contributed by atoms with Crippen molar-refractivity contribution in [2.45, 2.75) is 25.8 Å². The second kappa shape index (κ2) is 5.88. The lowest BCUT2D eigenvalue weighted by Gasteiger charge is -2.16. The van der Waals surface area contributed by atoms with Crippen molar-refractivity contribution in [1.82, 2.24) is 4.90 Å². The average Bonchev–Trinajstić information content (AvgIpc) is 2.74. The van der Waals surface area contributed by atoms with Gasteiger partial charge in [-0.25, -0.2) is 4.39 Å². The van der Waals surface area contributed by atoms with Crippen molar-refractivity contribution in [3.8, 4) is 0 Å². The van der Waals surface area contributed by atoms with Crippen LogP contribution in [0.15, 0.2) is 18.2 Å². The number of likely N-dealkylation sites (tertiary alicyclic amines) is 1. The van der Waals surface area contributed by atoms with Gasteiger partial charge in [-0.15, -0.1) is 0 Å². The number of benzene rings is 1. The van der Waals surface area contributed by atoms with Gasteiger partial charge in [-0.2, -0.15) is 0 Å². The Labute approximate surface area is 117 Å². The van der Waals surface area contributed by atoms with E-state index in [0.717, 1.165) is 12.8 Å². The molecular weight excluding hydrogens is 267 g/mol. The lowest BCUT2D eigenvalue weighted by atomic mass is 9.99. The molecule has 104 valence electrons. The predicted octanol–water partition coefficient (Wildman–Crippen LogP) is 2.68.